The Bertz CT molecular complexity index is 315. The van der Waals surface area contributed by atoms with Crippen LogP contribution in [0.2, 0.25) is 0 Å². The molecule has 1 atom stereocenters. The summed E-state index contributed by atoms with van der Waals surface area (Å²) in [6, 6.07) is 12.5. The molecule has 1 rings (SSSR count). The molecular weight excluding hydrogens is 186 g/mol. The number of nitrogens with zero attached hydrogens (tertiary/aromatic N) is 2. The summed E-state index contributed by atoms with van der Waals surface area (Å²) < 4.78 is 0. The molecule has 0 amide bonds. The Morgan fingerprint density at radius 1 is 1.40 bits per heavy atom. The van der Waals surface area contributed by atoms with Gasteiger partial charge in [0.1, 0.15) is 0 Å². The lowest BCUT2D eigenvalue weighted by atomic mass is 10.0. The first kappa shape index (κ1) is 11.7. The molecule has 1 aromatic rings. The molecular formula is C12H17N3. The van der Waals surface area contributed by atoms with Crippen molar-refractivity contribution in [3.05, 3.63) is 35.9 Å². The average molecular weight is 203 g/mol. The molecule has 0 bridgehead atoms. The van der Waals surface area contributed by atoms with Gasteiger partial charge in [-0.05, 0) is 12.6 Å². The summed E-state index contributed by atoms with van der Waals surface area (Å²) in [5.74, 6) is 0. The normalized spacial score (nSPS) is 12.4. The number of nitrogens with two attached hydrogens (primary N) is 1. The van der Waals surface area contributed by atoms with Crippen molar-refractivity contribution < 1.29 is 0 Å². The van der Waals surface area contributed by atoms with Gasteiger partial charge in [-0.25, -0.2) is 0 Å². The second-order valence-corrected chi connectivity index (χ2v) is 3.56. The third-order valence-corrected chi connectivity index (χ3v) is 2.48. The minimum atomic E-state index is 0.153. The third-order valence-electron chi connectivity index (χ3n) is 2.48. The Kier molecular flexibility index (Phi) is 4.82. The molecule has 0 saturated carbocycles. The van der Waals surface area contributed by atoms with E-state index in [4.69, 9.17) is 11.0 Å². The van der Waals surface area contributed by atoms with E-state index in [0.29, 0.717) is 13.0 Å². The fourth-order valence-corrected chi connectivity index (χ4v) is 1.65. The van der Waals surface area contributed by atoms with E-state index in [2.05, 4.69) is 23.1 Å². The van der Waals surface area contributed by atoms with Crippen LogP contribution in [0.5, 0.6) is 0 Å². The van der Waals surface area contributed by atoms with Crippen LogP contribution in [0.3, 0.4) is 0 Å². The van der Waals surface area contributed by atoms with Crippen LogP contribution >= 0.6 is 0 Å². The zero-order valence-electron chi connectivity index (χ0n) is 9.06. The van der Waals surface area contributed by atoms with Crippen LogP contribution in [0.1, 0.15) is 18.0 Å². The van der Waals surface area contributed by atoms with Gasteiger partial charge in [-0.15, -0.1) is 0 Å². The van der Waals surface area contributed by atoms with Crippen LogP contribution in [-0.4, -0.2) is 25.0 Å². The monoisotopic (exact) mass is 203 g/mol. The Labute approximate surface area is 91.1 Å². The summed E-state index contributed by atoms with van der Waals surface area (Å²) in [7, 11) is 2.00. The molecule has 0 saturated heterocycles. The van der Waals surface area contributed by atoms with Gasteiger partial charge in [-0.1, -0.05) is 30.3 Å². The highest BCUT2D eigenvalue weighted by atomic mass is 15.1. The number of rotatable bonds is 5. The van der Waals surface area contributed by atoms with Crippen LogP contribution in [0.4, 0.5) is 0 Å². The van der Waals surface area contributed by atoms with Crippen LogP contribution in [0.15, 0.2) is 30.3 Å². The Hall–Kier alpha value is -1.37. The summed E-state index contributed by atoms with van der Waals surface area (Å²) >= 11 is 0. The summed E-state index contributed by atoms with van der Waals surface area (Å²) in [5, 5.41) is 8.81. The molecule has 0 radical (unpaired) electrons. The maximum absolute atomic E-state index is 8.81. The van der Waals surface area contributed by atoms with Crippen molar-refractivity contribution in [2.24, 2.45) is 5.73 Å². The number of hydrogen-bond acceptors (Lipinski definition) is 3. The molecule has 0 heterocycles. The molecule has 2 N–H and O–H groups in total. The fraction of sp³-hybridized carbons (Fsp3) is 0.417. The van der Waals surface area contributed by atoms with E-state index in [9.17, 15) is 0 Å². The number of likely N-dealkylation sites (N-methyl/N-ethyl adjacent to an activating group) is 1. The van der Waals surface area contributed by atoms with E-state index in [1.807, 2.05) is 25.2 Å². The molecule has 1 unspecified atom stereocenters. The standard InChI is InChI=1S/C12H17N3/c1-15(10-9-14)12(7-8-13)11-5-3-2-4-6-11/h2-6,12H,7,9-10,14H2,1H3. The van der Waals surface area contributed by atoms with Crippen molar-refractivity contribution in [2.45, 2.75) is 12.5 Å². The van der Waals surface area contributed by atoms with Crippen LogP contribution < -0.4 is 5.73 Å². The van der Waals surface area contributed by atoms with E-state index < -0.39 is 0 Å². The number of nitriles is 1. The van der Waals surface area contributed by atoms with Gasteiger partial charge < -0.3 is 5.73 Å². The Morgan fingerprint density at radius 2 is 2.07 bits per heavy atom. The predicted octanol–water partition coefficient (Wildman–Crippen LogP) is 1.53. The topological polar surface area (TPSA) is 53.0 Å². The van der Waals surface area contributed by atoms with Gasteiger partial charge in [-0.3, -0.25) is 4.90 Å². The average Bonchev–Trinajstić information content (AvgIpc) is 2.27. The first-order valence-corrected chi connectivity index (χ1v) is 5.11. The van der Waals surface area contributed by atoms with Gasteiger partial charge in [-0.2, -0.15) is 5.26 Å². The van der Waals surface area contributed by atoms with Gasteiger partial charge >= 0.3 is 0 Å². The second-order valence-electron chi connectivity index (χ2n) is 3.56. The van der Waals surface area contributed by atoms with E-state index in [1.54, 1.807) is 0 Å². The molecule has 0 spiro atoms. The first-order valence-electron chi connectivity index (χ1n) is 5.11. The lowest BCUT2D eigenvalue weighted by Crippen LogP contribution is -2.29. The van der Waals surface area contributed by atoms with Gasteiger partial charge in [0, 0.05) is 19.1 Å². The maximum Gasteiger partial charge on any atom is 0.0641 e. The molecule has 0 fully saturated rings. The predicted molar refractivity (Wildman–Crippen MR) is 61.1 cm³/mol. The highest BCUT2D eigenvalue weighted by Crippen LogP contribution is 2.21. The Morgan fingerprint density at radius 3 is 2.60 bits per heavy atom. The summed E-state index contributed by atoms with van der Waals surface area (Å²) in [6.45, 7) is 1.42. The van der Waals surface area contributed by atoms with Crippen molar-refractivity contribution in [1.82, 2.24) is 4.90 Å². The van der Waals surface area contributed by atoms with Crippen LogP contribution in [0, 0.1) is 11.3 Å². The lowest BCUT2D eigenvalue weighted by molar-refractivity contribution is 0.254. The van der Waals surface area contributed by atoms with Crippen molar-refractivity contribution in [1.29, 1.82) is 5.26 Å². The van der Waals surface area contributed by atoms with E-state index >= 15 is 0 Å². The van der Waals surface area contributed by atoms with Crippen LogP contribution in [0.25, 0.3) is 0 Å². The smallest absolute Gasteiger partial charge is 0.0641 e. The SMILES string of the molecule is CN(CCN)C(CC#N)c1ccccc1. The van der Waals surface area contributed by atoms with E-state index in [1.165, 1.54) is 5.56 Å². The maximum atomic E-state index is 8.81. The molecule has 0 aliphatic heterocycles. The molecule has 1 aromatic carbocycles. The highest BCUT2D eigenvalue weighted by molar-refractivity contribution is 5.20. The molecule has 0 aromatic heterocycles. The van der Waals surface area contributed by atoms with Crippen molar-refractivity contribution in [3.63, 3.8) is 0 Å². The summed E-state index contributed by atoms with van der Waals surface area (Å²) in [5.41, 5.74) is 6.69. The quantitative estimate of drug-likeness (QED) is 0.789. The largest absolute Gasteiger partial charge is 0.329 e. The number of benzene rings is 1. The summed E-state index contributed by atoms with van der Waals surface area (Å²) in [6.07, 6.45) is 0.501. The molecule has 3 nitrogen and oxygen atoms in total. The van der Waals surface area contributed by atoms with Crippen molar-refractivity contribution in [3.8, 4) is 6.07 Å². The fourth-order valence-electron chi connectivity index (χ4n) is 1.65. The summed E-state index contributed by atoms with van der Waals surface area (Å²) in [4.78, 5) is 2.12. The lowest BCUT2D eigenvalue weighted by Gasteiger charge is -2.25. The third kappa shape index (κ3) is 3.35. The van der Waals surface area contributed by atoms with Gasteiger partial charge in [0.2, 0.25) is 0 Å². The minimum Gasteiger partial charge on any atom is -0.329 e. The highest BCUT2D eigenvalue weighted by Gasteiger charge is 2.15. The molecule has 0 aliphatic carbocycles. The van der Waals surface area contributed by atoms with E-state index in [-0.39, 0.29) is 6.04 Å². The molecule has 3 heteroatoms. The van der Waals surface area contributed by atoms with Crippen LogP contribution in [-0.2, 0) is 0 Å². The first-order chi connectivity index (χ1) is 7.29. The molecule has 15 heavy (non-hydrogen) atoms. The van der Waals surface area contributed by atoms with Gasteiger partial charge in [0.15, 0.2) is 0 Å². The van der Waals surface area contributed by atoms with Crippen molar-refractivity contribution >= 4 is 0 Å². The minimum absolute atomic E-state index is 0.153. The zero-order valence-corrected chi connectivity index (χ0v) is 9.06. The molecule has 80 valence electrons. The van der Waals surface area contributed by atoms with E-state index in [0.717, 1.165) is 6.54 Å². The van der Waals surface area contributed by atoms with Gasteiger partial charge in [0.05, 0.1) is 12.5 Å². The molecule has 0 aliphatic rings. The Balaban J connectivity index is 2.79. The second kappa shape index (κ2) is 6.18. The number of hydrogen-bond donors (Lipinski definition) is 1. The van der Waals surface area contributed by atoms with Gasteiger partial charge in [0.25, 0.3) is 0 Å². The zero-order chi connectivity index (χ0) is 11.1. The van der Waals surface area contributed by atoms with Crippen molar-refractivity contribution in [2.75, 3.05) is 20.1 Å².